The number of urea groups is 1. The van der Waals surface area contributed by atoms with E-state index < -0.39 is 6.09 Å². The Hall–Kier alpha value is -3.55. The summed E-state index contributed by atoms with van der Waals surface area (Å²) >= 11 is 0. The SMILES string of the molecule is COC(=O)Nc1ccc(CNC(=O)Nc2ccc3oc(C(C)(C)C)nc3c2)cc1. The number of oxazole rings is 1. The van der Waals surface area contributed by atoms with E-state index in [-0.39, 0.29) is 11.4 Å². The lowest BCUT2D eigenvalue weighted by Crippen LogP contribution is -2.28. The van der Waals surface area contributed by atoms with E-state index in [0.29, 0.717) is 34.9 Å². The summed E-state index contributed by atoms with van der Waals surface area (Å²) in [4.78, 5) is 27.9. The van der Waals surface area contributed by atoms with Crippen LogP contribution in [-0.4, -0.2) is 24.2 Å². The van der Waals surface area contributed by atoms with Gasteiger partial charge in [0.15, 0.2) is 5.58 Å². The normalized spacial score (nSPS) is 11.2. The Morgan fingerprint density at radius 3 is 2.38 bits per heavy atom. The zero-order valence-electron chi connectivity index (χ0n) is 16.8. The van der Waals surface area contributed by atoms with Crippen molar-refractivity contribution in [1.29, 1.82) is 0 Å². The molecule has 0 aliphatic heterocycles. The molecule has 8 heteroatoms. The van der Waals surface area contributed by atoms with Crippen LogP contribution in [0.4, 0.5) is 21.0 Å². The van der Waals surface area contributed by atoms with Gasteiger partial charge in [0.05, 0.1) is 7.11 Å². The molecule has 29 heavy (non-hydrogen) atoms. The lowest BCUT2D eigenvalue weighted by Gasteiger charge is -2.11. The number of aromatic nitrogens is 1. The highest BCUT2D eigenvalue weighted by atomic mass is 16.5. The Kier molecular flexibility index (Phi) is 5.72. The number of nitrogens with one attached hydrogen (secondary N) is 3. The molecule has 152 valence electrons. The monoisotopic (exact) mass is 396 g/mol. The van der Waals surface area contributed by atoms with Gasteiger partial charge in [0.25, 0.3) is 0 Å². The number of anilines is 2. The molecule has 1 aromatic heterocycles. The summed E-state index contributed by atoms with van der Waals surface area (Å²) in [5, 5.41) is 8.15. The Morgan fingerprint density at radius 1 is 1.03 bits per heavy atom. The fraction of sp³-hybridized carbons (Fsp3) is 0.286. The third kappa shape index (κ3) is 5.25. The maximum absolute atomic E-state index is 12.2. The van der Waals surface area contributed by atoms with Gasteiger partial charge in [-0.2, -0.15) is 0 Å². The molecule has 0 bridgehead atoms. The molecule has 0 aliphatic carbocycles. The highest BCUT2D eigenvalue weighted by Crippen LogP contribution is 2.27. The van der Waals surface area contributed by atoms with Crippen LogP contribution in [0.2, 0.25) is 0 Å². The Balaban J connectivity index is 1.57. The van der Waals surface area contributed by atoms with Crippen molar-refractivity contribution >= 4 is 34.6 Å². The minimum atomic E-state index is -0.533. The van der Waals surface area contributed by atoms with Crippen LogP contribution < -0.4 is 16.0 Å². The molecule has 0 radical (unpaired) electrons. The van der Waals surface area contributed by atoms with Crippen molar-refractivity contribution in [2.45, 2.75) is 32.7 Å². The van der Waals surface area contributed by atoms with E-state index >= 15 is 0 Å². The van der Waals surface area contributed by atoms with Gasteiger partial charge in [-0.15, -0.1) is 0 Å². The van der Waals surface area contributed by atoms with Crippen molar-refractivity contribution < 1.29 is 18.7 Å². The van der Waals surface area contributed by atoms with Gasteiger partial charge < -0.3 is 19.8 Å². The summed E-state index contributed by atoms with van der Waals surface area (Å²) in [6.07, 6.45) is -0.533. The zero-order chi connectivity index (χ0) is 21.0. The lowest BCUT2D eigenvalue weighted by molar-refractivity contribution is 0.187. The largest absolute Gasteiger partial charge is 0.453 e. The maximum Gasteiger partial charge on any atom is 0.411 e. The number of fused-ring (bicyclic) bond motifs is 1. The van der Waals surface area contributed by atoms with Crippen LogP contribution in [0, 0.1) is 0 Å². The number of benzene rings is 2. The predicted molar refractivity (Wildman–Crippen MR) is 111 cm³/mol. The van der Waals surface area contributed by atoms with Gasteiger partial charge in [0.1, 0.15) is 5.52 Å². The molecule has 3 aromatic rings. The lowest BCUT2D eigenvalue weighted by atomic mass is 9.97. The third-order valence-electron chi connectivity index (χ3n) is 4.13. The number of hydrogen-bond acceptors (Lipinski definition) is 5. The third-order valence-corrected chi connectivity index (χ3v) is 4.13. The molecule has 0 saturated heterocycles. The van der Waals surface area contributed by atoms with E-state index in [1.165, 1.54) is 7.11 Å². The van der Waals surface area contributed by atoms with E-state index in [2.05, 4.69) is 25.7 Å². The van der Waals surface area contributed by atoms with Crippen molar-refractivity contribution in [2.24, 2.45) is 0 Å². The molecule has 0 fully saturated rings. The van der Waals surface area contributed by atoms with E-state index in [1.54, 1.807) is 42.5 Å². The van der Waals surface area contributed by atoms with E-state index in [9.17, 15) is 9.59 Å². The van der Waals surface area contributed by atoms with Crippen LogP contribution in [0.5, 0.6) is 0 Å². The first-order chi connectivity index (χ1) is 13.7. The van der Waals surface area contributed by atoms with Crippen LogP contribution in [-0.2, 0) is 16.7 Å². The first-order valence-corrected chi connectivity index (χ1v) is 9.14. The Labute approximate surface area is 168 Å². The van der Waals surface area contributed by atoms with E-state index in [1.807, 2.05) is 20.8 Å². The number of carbonyl (C=O) groups excluding carboxylic acids is 2. The van der Waals surface area contributed by atoms with Crippen LogP contribution in [0.3, 0.4) is 0 Å². The van der Waals surface area contributed by atoms with Crippen LogP contribution >= 0.6 is 0 Å². The molecular formula is C21H24N4O4. The van der Waals surface area contributed by atoms with Crippen molar-refractivity contribution in [3.05, 3.63) is 53.9 Å². The molecule has 0 aliphatic rings. The molecule has 3 amide bonds. The number of ether oxygens (including phenoxy) is 1. The molecule has 0 atom stereocenters. The number of carbonyl (C=O) groups is 2. The Bertz CT molecular complexity index is 1020. The number of hydrogen-bond donors (Lipinski definition) is 3. The summed E-state index contributed by atoms with van der Waals surface area (Å²) in [6, 6.07) is 12.1. The quantitative estimate of drug-likeness (QED) is 0.596. The summed E-state index contributed by atoms with van der Waals surface area (Å²) in [7, 11) is 1.30. The molecule has 0 spiro atoms. The molecule has 3 rings (SSSR count). The number of nitrogens with zero attached hydrogens (tertiary/aromatic N) is 1. The van der Waals surface area contributed by atoms with Gasteiger partial charge in [0.2, 0.25) is 5.89 Å². The van der Waals surface area contributed by atoms with Crippen molar-refractivity contribution in [3.8, 4) is 0 Å². The zero-order valence-corrected chi connectivity index (χ0v) is 16.8. The molecular weight excluding hydrogens is 372 g/mol. The first-order valence-electron chi connectivity index (χ1n) is 9.14. The number of rotatable bonds is 4. The molecule has 2 aromatic carbocycles. The fourth-order valence-corrected chi connectivity index (χ4v) is 2.56. The predicted octanol–water partition coefficient (Wildman–Crippen LogP) is 4.63. The highest BCUT2D eigenvalue weighted by Gasteiger charge is 2.21. The van der Waals surface area contributed by atoms with Crippen LogP contribution in [0.1, 0.15) is 32.2 Å². The minimum Gasteiger partial charge on any atom is -0.453 e. The molecule has 1 heterocycles. The fourth-order valence-electron chi connectivity index (χ4n) is 2.56. The molecule has 8 nitrogen and oxygen atoms in total. The van der Waals surface area contributed by atoms with Gasteiger partial charge >= 0.3 is 12.1 Å². The van der Waals surface area contributed by atoms with E-state index in [0.717, 1.165) is 5.56 Å². The highest BCUT2D eigenvalue weighted by molar-refractivity contribution is 5.91. The average molecular weight is 396 g/mol. The van der Waals surface area contributed by atoms with Gasteiger partial charge in [0, 0.05) is 23.3 Å². The number of methoxy groups -OCH3 is 1. The topological polar surface area (TPSA) is 105 Å². The van der Waals surface area contributed by atoms with Crippen LogP contribution in [0.15, 0.2) is 46.9 Å². The van der Waals surface area contributed by atoms with Crippen LogP contribution in [0.25, 0.3) is 11.1 Å². The average Bonchev–Trinajstić information content (AvgIpc) is 3.11. The number of amides is 3. The maximum atomic E-state index is 12.2. The smallest absolute Gasteiger partial charge is 0.411 e. The summed E-state index contributed by atoms with van der Waals surface area (Å²) < 4.78 is 10.3. The second-order valence-corrected chi connectivity index (χ2v) is 7.57. The second kappa shape index (κ2) is 8.22. The Morgan fingerprint density at radius 2 is 1.72 bits per heavy atom. The molecule has 0 saturated carbocycles. The van der Waals surface area contributed by atoms with Crippen molar-refractivity contribution in [1.82, 2.24) is 10.3 Å². The molecule has 3 N–H and O–H groups in total. The first kappa shape index (κ1) is 20.2. The summed E-state index contributed by atoms with van der Waals surface area (Å²) in [6.45, 7) is 6.43. The summed E-state index contributed by atoms with van der Waals surface area (Å²) in [5.41, 5.74) is 3.31. The molecule has 0 unspecified atom stereocenters. The van der Waals surface area contributed by atoms with Crippen molar-refractivity contribution in [3.63, 3.8) is 0 Å². The van der Waals surface area contributed by atoms with Gasteiger partial charge in [-0.05, 0) is 35.9 Å². The van der Waals surface area contributed by atoms with Gasteiger partial charge in [-0.3, -0.25) is 5.32 Å². The second-order valence-electron chi connectivity index (χ2n) is 7.57. The standard InChI is InChI=1S/C21H24N4O4/c1-21(2,3)18-25-16-11-15(9-10-17(16)29-18)23-19(26)22-12-13-5-7-14(8-6-13)24-20(27)28-4/h5-11H,12H2,1-4H3,(H,24,27)(H2,22,23,26). The minimum absolute atomic E-state index is 0.189. The summed E-state index contributed by atoms with van der Waals surface area (Å²) in [5.74, 6) is 0.652. The van der Waals surface area contributed by atoms with Gasteiger partial charge in [-0.25, -0.2) is 14.6 Å². The van der Waals surface area contributed by atoms with Gasteiger partial charge in [-0.1, -0.05) is 32.9 Å². The van der Waals surface area contributed by atoms with Crippen molar-refractivity contribution in [2.75, 3.05) is 17.7 Å². The van der Waals surface area contributed by atoms with E-state index in [4.69, 9.17) is 4.42 Å².